The van der Waals surface area contributed by atoms with E-state index < -0.39 is 23.5 Å². The number of benzene rings is 1. The summed E-state index contributed by atoms with van der Waals surface area (Å²) in [5, 5.41) is 0. The van der Waals surface area contributed by atoms with Crippen LogP contribution in [-0.4, -0.2) is 23.9 Å². The standard InChI is InChI=1S/C21H21F6N5/c1-12-11-13(20(22,23)24)4-5-17(12)31-18(29)14-6-9-32(10-7-16(14)28)19-15(21(25,26)27)3-2-8-30-19/h2-5,8,11H,6-7,9-10,28H2,1H3,(H2,29,31). The predicted octanol–water partition coefficient (Wildman–Crippen LogP) is 4.93. The molecule has 0 aliphatic carbocycles. The summed E-state index contributed by atoms with van der Waals surface area (Å²) in [5.74, 6) is -0.174. The molecule has 0 saturated heterocycles. The molecule has 0 bridgehead atoms. The Hall–Kier alpha value is -3.24. The highest BCUT2D eigenvalue weighted by Crippen LogP contribution is 2.36. The van der Waals surface area contributed by atoms with Crippen molar-refractivity contribution in [3.63, 3.8) is 0 Å². The molecule has 1 aromatic carbocycles. The maximum absolute atomic E-state index is 13.4. The minimum Gasteiger partial charge on any atom is -0.402 e. The van der Waals surface area contributed by atoms with Crippen LogP contribution in [0.2, 0.25) is 0 Å². The Bertz CT molecular complexity index is 1060. The Labute approximate surface area is 180 Å². The monoisotopic (exact) mass is 457 g/mol. The summed E-state index contributed by atoms with van der Waals surface area (Å²) >= 11 is 0. The molecular weight excluding hydrogens is 436 g/mol. The van der Waals surface area contributed by atoms with Crippen molar-refractivity contribution in [2.75, 3.05) is 18.0 Å². The molecule has 0 unspecified atom stereocenters. The van der Waals surface area contributed by atoms with Crippen molar-refractivity contribution >= 4 is 17.3 Å². The summed E-state index contributed by atoms with van der Waals surface area (Å²) in [5.41, 5.74) is 11.9. The summed E-state index contributed by atoms with van der Waals surface area (Å²) in [4.78, 5) is 9.62. The van der Waals surface area contributed by atoms with E-state index in [1.807, 2.05) is 0 Å². The van der Waals surface area contributed by atoms with E-state index in [2.05, 4.69) is 9.98 Å². The predicted molar refractivity (Wildman–Crippen MR) is 109 cm³/mol. The molecule has 2 aromatic rings. The van der Waals surface area contributed by atoms with Gasteiger partial charge >= 0.3 is 12.4 Å². The highest BCUT2D eigenvalue weighted by Gasteiger charge is 2.36. The number of aryl methyl sites for hydroxylation is 1. The smallest absolute Gasteiger partial charge is 0.402 e. The summed E-state index contributed by atoms with van der Waals surface area (Å²) in [7, 11) is 0. The van der Waals surface area contributed by atoms with Gasteiger partial charge in [0.2, 0.25) is 0 Å². The molecule has 1 aliphatic rings. The Kier molecular flexibility index (Phi) is 6.38. The van der Waals surface area contributed by atoms with Gasteiger partial charge in [0.25, 0.3) is 0 Å². The van der Waals surface area contributed by atoms with Gasteiger partial charge < -0.3 is 16.4 Å². The molecule has 32 heavy (non-hydrogen) atoms. The van der Waals surface area contributed by atoms with E-state index in [-0.39, 0.29) is 48.8 Å². The number of pyridine rings is 1. The van der Waals surface area contributed by atoms with Gasteiger partial charge in [0.05, 0.1) is 16.8 Å². The van der Waals surface area contributed by atoms with Gasteiger partial charge in [-0.15, -0.1) is 0 Å². The van der Waals surface area contributed by atoms with Crippen LogP contribution < -0.4 is 16.4 Å². The van der Waals surface area contributed by atoms with Crippen LogP contribution in [-0.2, 0) is 12.4 Å². The Morgan fingerprint density at radius 1 is 1.03 bits per heavy atom. The summed E-state index contributed by atoms with van der Waals surface area (Å²) in [6.07, 6.45) is -7.31. The maximum Gasteiger partial charge on any atom is 0.419 e. The van der Waals surface area contributed by atoms with Gasteiger partial charge in [-0.2, -0.15) is 26.3 Å². The minimum absolute atomic E-state index is 0.0178. The van der Waals surface area contributed by atoms with Gasteiger partial charge in [0, 0.05) is 37.0 Å². The zero-order valence-corrected chi connectivity index (χ0v) is 17.1. The third-order valence-electron chi connectivity index (χ3n) is 5.14. The average molecular weight is 457 g/mol. The number of aliphatic imine (C=N–C) groups is 1. The van der Waals surface area contributed by atoms with Gasteiger partial charge in [0.15, 0.2) is 0 Å². The highest BCUT2D eigenvalue weighted by atomic mass is 19.4. The summed E-state index contributed by atoms with van der Waals surface area (Å²) < 4.78 is 78.7. The van der Waals surface area contributed by atoms with Crippen LogP contribution in [0.5, 0.6) is 0 Å². The first-order valence-electron chi connectivity index (χ1n) is 9.65. The largest absolute Gasteiger partial charge is 0.419 e. The molecule has 2 heterocycles. The van der Waals surface area contributed by atoms with Crippen molar-refractivity contribution in [1.82, 2.24) is 4.98 Å². The second kappa shape index (κ2) is 8.71. The number of aromatic nitrogens is 1. The van der Waals surface area contributed by atoms with Gasteiger partial charge in [-0.1, -0.05) is 0 Å². The van der Waals surface area contributed by atoms with Crippen LogP contribution in [0.1, 0.15) is 29.5 Å². The third-order valence-corrected chi connectivity index (χ3v) is 5.14. The number of alkyl halides is 6. The van der Waals surface area contributed by atoms with E-state index in [9.17, 15) is 26.3 Å². The van der Waals surface area contributed by atoms with Crippen molar-refractivity contribution in [1.29, 1.82) is 0 Å². The lowest BCUT2D eigenvalue weighted by atomic mass is 10.1. The SMILES string of the molecule is Cc1cc(C(F)(F)F)ccc1N=C(N)C1=C(N)CCN(c2ncccc2C(F)(F)F)CC1. The van der Waals surface area contributed by atoms with Crippen LogP contribution in [0, 0.1) is 6.92 Å². The van der Waals surface area contributed by atoms with Crippen molar-refractivity contribution in [3.05, 3.63) is 64.5 Å². The van der Waals surface area contributed by atoms with E-state index in [0.717, 1.165) is 18.2 Å². The molecule has 0 amide bonds. The molecule has 0 fully saturated rings. The fourth-order valence-electron chi connectivity index (χ4n) is 3.45. The molecular formula is C21H21F6N5. The molecule has 5 nitrogen and oxygen atoms in total. The van der Waals surface area contributed by atoms with Crippen molar-refractivity contribution < 1.29 is 26.3 Å². The molecule has 3 rings (SSSR count). The molecule has 0 radical (unpaired) electrons. The maximum atomic E-state index is 13.4. The highest BCUT2D eigenvalue weighted by molar-refractivity contribution is 5.99. The summed E-state index contributed by atoms with van der Waals surface area (Å²) in [6.45, 7) is 1.84. The lowest BCUT2D eigenvalue weighted by molar-refractivity contribution is -0.138. The van der Waals surface area contributed by atoms with Crippen LogP contribution in [0.15, 0.2) is 52.8 Å². The normalized spacial score (nSPS) is 16.3. The Morgan fingerprint density at radius 3 is 2.34 bits per heavy atom. The van der Waals surface area contributed by atoms with Crippen molar-refractivity contribution in [2.45, 2.75) is 32.1 Å². The van der Waals surface area contributed by atoms with Gasteiger partial charge in [0.1, 0.15) is 11.7 Å². The van der Waals surface area contributed by atoms with Crippen molar-refractivity contribution in [3.8, 4) is 0 Å². The number of hydrogen-bond acceptors (Lipinski definition) is 4. The first-order valence-corrected chi connectivity index (χ1v) is 9.65. The fourth-order valence-corrected chi connectivity index (χ4v) is 3.45. The molecule has 4 N–H and O–H groups in total. The van der Waals surface area contributed by atoms with Gasteiger partial charge in [-0.25, -0.2) is 9.98 Å². The van der Waals surface area contributed by atoms with E-state index in [1.54, 1.807) is 0 Å². The fraction of sp³-hybridized carbons (Fsp3) is 0.333. The first-order chi connectivity index (χ1) is 14.9. The summed E-state index contributed by atoms with van der Waals surface area (Å²) in [6, 6.07) is 5.28. The number of hydrogen-bond donors (Lipinski definition) is 2. The zero-order valence-electron chi connectivity index (χ0n) is 17.1. The van der Waals surface area contributed by atoms with Crippen LogP contribution >= 0.6 is 0 Å². The lowest BCUT2D eigenvalue weighted by Gasteiger charge is -2.24. The average Bonchev–Trinajstić information content (AvgIpc) is 2.89. The molecule has 0 spiro atoms. The van der Waals surface area contributed by atoms with Crippen LogP contribution in [0.4, 0.5) is 37.8 Å². The van der Waals surface area contributed by atoms with E-state index >= 15 is 0 Å². The van der Waals surface area contributed by atoms with E-state index in [0.29, 0.717) is 11.3 Å². The Balaban J connectivity index is 1.84. The van der Waals surface area contributed by atoms with Crippen LogP contribution in [0.3, 0.4) is 0 Å². The Morgan fingerprint density at radius 2 is 1.72 bits per heavy atom. The number of nitrogens with two attached hydrogens (primary N) is 2. The number of anilines is 1. The van der Waals surface area contributed by atoms with Crippen molar-refractivity contribution in [2.24, 2.45) is 16.5 Å². The minimum atomic E-state index is -4.56. The topological polar surface area (TPSA) is 80.5 Å². The second-order valence-electron chi connectivity index (χ2n) is 7.36. The van der Waals surface area contributed by atoms with E-state index in [4.69, 9.17) is 11.5 Å². The molecule has 0 atom stereocenters. The molecule has 1 aliphatic heterocycles. The van der Waals surface area contributed by atoms with E-state index in [1.165, 1.54) is 30.2 Å². The number of halogens is 6. The van der Waals surface area contributed by atoms with Gasteiger partial charge in [-0.3, -0.25) is 0 Å². The quantitative estimate of drug-likeness (QED) is 0.389. The molecule has 11 heteroatoms. The zero-order chi connectivity index (χ0) is 23.7. The number of nitrogens with zero attached hydrogens (tertiary/aromatic N) is 3. The number of rotatable bonds is 3. The lowest BCUT2D eigenvalue weighted by Crippen LogP contribution is -2.28. The first kappa shape index (κ1) is 23.4. The molecule has 172 valence electrons. The third kappa shape index (κ3) is 5.14. The van der Waals surface area contributed by atoms with Gasteiger partial charge in [-0.05, 0) is 49.2 Å². The number of amidine groups is 1. The molecule has 1 aromatic heterocycles. The second-order valence-corrected chi connectivity index (χ2v) is 7.36. The molecule has 0 saturated carbocycles. The van der Waals surface area contributed by atoms with Crippen LogP contribution in [0.25, 0.3) is 0 Å².